The molecule has 0 atom stereocenters. The summed E-state index contributed by atoms with van der Waals surface area (Å²) in [6.07, 6.45) is 2.40. The first-order valence-corrected chi connectivity index (χ1v) is 8.55. The molecule has 24 heavy (non-hydrogen) atoms. The van der Waals surface area contributed by atoms with Gasteiger partial charge in [0.05, 0.1) is 7.11 Å². The number of carbonyl (C=O) groups is 1. The van der Waals surface area contributed by atoms with Crippen molar-refractivity contribution in [3.63, 3.8) is 0 Å². The number of amides is 1. The Kier molecular flexibility index (Phi) is 5.23. The quantitative estimate of drug-likeness (QED) is 0.681. The predicted octanol–water partition coefficient (Wildman–Crippen LogP) is 4.04. The van der Waals surface area contributed by atoms with Gasteiger partial charge in [-0.2, -0.15) is 0 Å². The molecule has 0 radical (unpaired) electrons. The van der Waals surface area contributed by atoms with Crippen LogP contribution in [0, 0.1) is 0 Å². The molecular formula is C19H18N2O2S. The monoisotopic (exact) mass is 338 g/mol. The van der Waals surface area contributed by atoms with Gasteiger partial charge in [0.25, 0.3) is 5.91 Å². The van der Waals surface area contributed by atoms with Crippen molar-refractivity contribution in [2.75, 3.05) is 18.6 Å². The number of hydrogen-bond acceptors (Lipinski definition) is 4. The summed E-state index contributed by atoms with van der Waals surface area (Å²) in [5.74, 6) is 0.754. The first-order valence-electron chi connectivity index (χ1n) is 7.67. The molecule has 0 N–H and O–H groups in total. The van der Waals surface area contributed by atoms with Crippen molar-refractivity contribution in [2.45, 2.75) is 6.42 Å². The number of anilines is 1. The van der Waals surface area contributed by atoms with Crippen molar-refractivity contribution in [3.05, 3.63) is 76.7 Å². The number of para-hydroxylation sites is 1. The van der Waals surface area contributed by atoms with Gasteiger partial charge < -0.3 is 9.64 Å². The SMILES string of the molecule is COc1cccc(CCN(C(=O)c2nccs2)c2ccccc2)c1. The van der Waals surface area contributed by atoms with Crippen LogP contribution in [0.3, 0.4) is 0 Å². The number of carbonyl (C=O) groups excluding carboxylic acids is 1. The molecule has 0 bridgehead atoms. The Bertz CT molecular complexity index is 788. The summed E-state index contributed by atoms with van der Waals surface area (Å²) in [5, 5.41) is 2.32. The molecule has 3 rings (SSSR count). The lowest BCUT2D eigenvalue weighted by atomic mass is 10.1. The standard InChI is InChI=1S/C19H18N2O2S/c1-23-17-9-5-6-15(14-17)10-12-21(16-7-3-2-4-8-16)19(22)18-20-11-13-24-18/h2-9,11,13-14H,10,12H2,1H3. The van der Waals surface area contributed by atoms with Gasteiger partial charge in [-0.25, -0.2) is 4.98 Å². The summed E-state index contributed by atoms with van der Waals surface area (Å²) in [6, 6.07) is 17.6. The van der Waals surface area contributed by atoms with Gasteiger partial charge >= 0.3 is 0 Å². The maximum Gasteiger partial charge on any atom is 0.287 e. The zero-order valence-electron chi connectivity index (χ0n) is 13.4. The largest absolute Gasteiger partial charge is 0.497 e. The molecule has 0 fully saturated rings. The molecule has 1 amide bonds. The minimum absolute atomic E-state index is 0.0703. The third kappa shape index (κ3) is 3.81. The Morgan fingerprint density at radius 2 is 2.00 bits per heavy atom. The van der Waals surface area contributed by atoms with Gasteiger partial charge in [0.2, 0.25) is 0 Å². The molecule has 5 heteroatoms. The van der Waals surface area contributed by atoms with Crippen molar-refractivity contribution in [3.8, 4) is 5.75 Å². The minimum Gasteiger partial charge on any atom is -0.497 e. The second-order valence-electron chi connectivity index (χ2n) is 5.23. The van der Waals surface area contributed by atoms with Crippen LogP contribution in [0.15, 0.2) is 66.2 Å². The molecule has 3 aromatic rings. The van der Waals surface area contributed by atoms with Crippen LogP contribution in [-0.4, -0.2) is 24.5 Å². The van der Waals surface area contributed by atoms with E-state index in [-0.39, 0.29) is 5.91 Å². The molecule has 0 unspecified atom stereocenters. The van der Waals surface area contributed by atoms with E-state index in [1.165, 1.54) is 11.3 Å². The Labute approximate surface area is 145 Å². The number of benzene rings is 2. The number of nitrogens with zero attached hydrogens (tertiary/aromatic N) is 2. The highest BCUT2D eigenvalue weighted by Gasteiger charge is 2.19. The van der Waals surface area contributed by atoms with Gasteiger partial charge in [-0.1, -0.05) is 30.3 Å². The van der Waals surface area contributed by atoms with Gasteiger partial charge in [0.15, 0.2) is 5.01 Å². The molecule has 0 aliphatic rings. The van der Waals surface area contributed by atoms with Gasteiger partial charge in [-0.15, -0.1) is 11.3 Å². The maximum absolute atomic E-state index is 12.8. The van der Waals surface area contributed by atoms with Crippen molar-refractivity contribution >= 4 is 22.9 Å². The molecule has 122 valence electrons. The van der Waals surface area contributed by atoms with Crippen molar-refractivity contribution in [1.82, 2.24) is 4.98 Å². The summed E-state index contributed by atoms with van der Waals surface area (Å²) in [6.45, 7) is 0.579. The van der Waals surface area contributed by atoms with Crippen LogP contribution in [0.2, 0.25) is 0 Å². The minimum atomic E-state index is -0.0703. The summed E-state index contributed by atoms with van der Waals surface area (Å²) in [4.78, 5) is 18.7. The Morgan fingerprint density at radius 3 is 2.71 bits per heavy atom. The number of rotatable bonds is 6. The molecule has 0 saturated heterocycles. The lowest BCUT2D eigenvalue weighted by Crippen LogP contribution is -2.32. The van der Waals surface area contributed by atoms with Gasteiger partial charge in [0.1, 0.15) is 5.75 Å². The smallest absolute Gasteiger partial charge is 0.287 e. The van der Waals surface area contributed by atoms with E-state index in [1.54, 1.807) is 18.2 Å². The summed E-state index contributed by atoms with van der Waals surface area (Å²) in [5.41, 5.74) is 2.00. The van der Waals surface area contributed by atoms with Crippen molar-refractivity contribution in [2.24, 2.45) is 0 Å². The van der Waals surface area contributed by atoms with Gasteiger partial charge in [-0.3, -0.25) is 4.79 Å². The molecular weight excluding hydrogens is 320 g/mol. The zero-order valence-corrected chi connectivity index (χ0v) is 14.2. The molecule has 0 aliphatic carbocycles. The summed E-state index contributed by atoms with van der Waals surface area (Å²) >= 11 is 1.36. The fourth-order valence-electron chi connectivity index (χ4n) is 2.47. The highest BCUT2D eigenvalue weighted by molar-refractivity contribution is 7.11. The van der Waals surface area contributed by atoms with Crippen molar-refractivity contribution in [1.29, 1.82) is 0 Å². The fraction of sp³-hybridized carbons (Fsp3) is 0.158. The van der Waals surface area contributed by atoms with Crippen LogP contribution < -0.4 is 9.64 Å². The number of aromatic nitrogens is 1. The summed E-state index contributed by atoms with van der Waals surface area (Å²) in [7, 11) is 1.65. The van der Waals surface area contributed by atoms with Crippen LogP contribution in [0.4, 0.5) is 5.69 Å². The lowest BCUT2D eigenvalue weighted by Gasteiger charge is -2.22. The zero-order chi connectivity index (χ0) is 16.8. The van der Waals surface area contributed by atoms with E-state index in [2.05, 4.69) is 4.98 Å². The molecule has 1 aromatic heterocycles. The van der Waals surface area contributed by atoms with E-state index in [0.29, 0.717) is 11.6 Å². The Morgan fingerprint density at radius 1 is 1.17 bits per heavy atom. The van der Waals surface area contributed by atoms with Gasteiger partial charge in [0, 0.05) is 23.8 Å². The average molecular weight is 338 g/mol. The van der Waals surface area contributed by atoms with E-state index < -0.39 is 0 Å². The first kappa shape index (κ1) is 16.2. The highest BCUT2D eigenvalue weighted by atomic mass is 32.1. The highest BCUT2D eigenvalue weighted by Crippen LogP contribution is 2.20. The van der Waals surface area contributed by atoms with E-state index in [4.69, 9.17) is 4.74 Å². The van der Waals surface area contributed by atoms with Crippen LogP contribution >= 0.6 is 11.3 Å². The van der Waals surface area contributed by atoms with E-state index in [0.717, 1.165) is 23.4 Å². The maximum atomic E-state index is 12.8. The van der Waals surface area contributed by atoms with E-state index in [1.807, 2.05) is 60.0 Å². The number of ether oxygens (including phenoxy) is 1. The number of hydrogen-bond donors (Lipinski definition) is 0. The Hall–Kier alpha value is -2.66. The van der Waals surface area contributed by atoms with Crippen LogP contribution in [-0.2, 0) is 6.42 Å². The van der Waals surface area contributed by atoms with Crippen LogP contribution in [0.1, 0.15) is 15.4 Å². The number of methoxy groups -OCH3 is 1. The second-order valence-corrected chi connectivity index (χ2v) is 6.13. The molecule has 0 aliphatic heterocycles. The molecule has 2 aromatic carbocycles. The normalized spacial score (nSPS) is 10.4. The third-order valence-corrected chi connectivity index (χ3v) is 4.45. The first-order chi connectivity index (χ1) is 11.8. The third-order valence-electron chi connectivity index (χ3n) is 3.69. The summed E-state index contributed by atoms with van der Waals surface area (Å²) < 4.78 is 5.26. The average Bonchev–Trinajstić information content (AvgIpc) is 3.17. The lowest BCUT2D eigenvalue weighted by molar-refractivity contribution is 0.0987. The van der Waals surface area contributed by atoms with E-state index >= 15 is 0 Å². The van der Waals surface area contributed by atoms with E-state index in [9.17, 15) is 4.79 Å². The number of thiazole rings is 1. The Balaban J connectivity index is 1.81. The molecule has 0 spiro atoms. The fourth-order valence-corrected chi connectivity index (χ4v) is 3.05. The van der Waals surface area contributed by atoms with Crippen molar-refractivity contribution < 1.29 is 9.53 Å². The van der Waals surface area contributed by atoms with Gasteiger partial charge in [-0.05, 0) is 36.2 Å². The molecule has 1 heterocycles. The molecule has 4 nitrogen and oxygen atoms in total. The predicted molar refractivity (Wildman–Crippen MR) is 96.9 cm³/mol. The molecule has 0 saturated carbocycles. The van der Waals surface area contributed by atoms with Crippen LogP contribution in [0.5, 0.6) is 5.75 Å². The van der Waals surface area contributed by atoms with Crippen LogP contribution in [0.25, 0.3) is 0 Å². The topological polar surface area (TPSA) is 42.4 Å². The second kappa shape index (κ2) is 7.75.